The topological polar surface area (TPSA) is 26.0 Å². The van der Waals surface area contributed by atoms with Gasteiger partial charge in [0.05, 0.1) is 6.26 Å². The molecule has 2 nitrogen and oxygen atoms in total. The Morgan fingerprint density at radius 2 is 2.06 bits per heavy atom. The van der Waals surface area contributed by atoms with Crippen LogP contribution >= 0.6 is 0 Å². The SMILES string of the molecule is Cc1coc2cc(-c3cccnc3)ccc12. The van der Waals surface area contributed by atoms with Crippen molar-refractivity contribution in [2.24, 2.45) is 0 Å². The van der Waals surface area contributed by atoms with Crippen molar-refractivity contribution in [2.45, 2.75) is 6.92 Å². The lowest BCUT2D eigenvalue weighted by atomic mass is 10.1. The number of pyridine rings is 1. The fourth-order valence-electron chi connectivity index (χ4n) is 1.87. The van der Waals surface area contributed by atoms with Gasteiger partial charge in [-0.25, -0.2) is 0 Å². The Balaban J connectivity index is 2.19. The van der Waals surface area contributed by atoms with Gasteiger partial charge < -0.3 is 4.42 Å². The van der Waals surface area contributed by atoms with Crippen LogP contribution in [0.3, 0.4) is 0 Å². The van der Waals surface area contributed by atoms with Crippen LogP contribution < -0.4 is 0 Å². The van der Waals surface area contributed by atoms with Crippen molar-refractivity contribution in [3.05, 3.63) is 54.6 Å². The van der Waals surface area contributed by atoms with Crippen molar-refractivity contribution in [3.8, 4) is 11.1 Å². The predicted molar refractivity (Wildman–Crippen MR) is 64.2 cm³/mol. The van der Waals surface area contributed by atoms with E-state index in [9.17, 15) is 0 Å². The van der Waals surface area contributed by atoms with Crippen LogP contribution in [-0.2, 0) is 0 Å². The fourth-order valence-corrected chi connectivity index (χ4v) is 1.87. The number of fused-ring (bicyclic) bond motifs is 1. The molecule has 0 amide bonds. The molecular weight excluding hydrogens is 198 g/mol. The van der Waals surface area contributed by atoms with E-state index in [2.05, 4.69) is 30.1 Å². The molecule has 0 aliphatic carbocycles. The Labute approximate surface area is 93.5 Å². The smallest absolute Gasteiger partial charge is 0.134 e. The van der Waals surface area contributed by atoms with Crippen LogP contribution in [0.25, 0.3) is 22.1 Å². The molecule has 2 heteroatoms. The van der Waals surface area contributed by atoms with Crippen LogP contribution in [-0.4, -0.2) is 4.98 Å². The molecule has 0 aliphatic rings. The average molecular weight is 209 g/mol. The molecule has 0 bridgehead atoms. The third-order valence-corrected chi connectivity index (χ3v) is 2.76. The van der Waals surface area contributed by atoms with Crippen LogP contribution in [0.4, 0.5) is 0 Å². The van der Waals surface area contributed by atoms with Gasteiger partial charge >= 0.3 is 0 Å². The van der Waals surface area contributed by atoms with Gasteiger partial charge in [0.25, 0.3) is 0 Å². The highest BCUT2D eigenvalue weighted by atomic mass is 16.3. The van der Waals surface area contributed by atoms with Crippen molar-refractivity contribution in [2.75, 3.05) is 0 Å². The van der Waals surface area contributed by atoms with E-state index in [0.717, 1.165) is 16.7 Å². The summed E-state index contributed by atoms with van der Waals surface area (Å²) in [4.78, 5) is 4.12. The third-order valence-electron chi connectivity index (χ3n) is 2.76. The van der Waals surface area contributed by atoms with Crippen molar-refractivity contribution in [1.29, 1.82) is 0 Å². The summed E-state index contributed by atoms with van der Waals surface area (Å²) in [5.41, 5.74) is 4.35. The fraction of sp³-hybridized carbons (Fsp3) is 0.0714. The van der Waals surface area contributed by atoms with Gasteiger partial charge in [-0.3, -0.25) is 4.98 Å². The van der Waals surface area contributed by atoms with Crippen LogP contribution in [0.2, 0.25) is 0 Å². The van der Waals surface area contributed by atoms with Gasteiger partial charge in [-0.1, -0.05) is 18.2 Å². The molecule has 0 fully saturated rings. The third kappa shape index (κ3) is 1.39. The molecule has 0 spiro atoms. The minimum Gasteiger partial charge on any atom is -0.464 e. The molecule has 3 aromatic rings. The summed E-state index contributed by atoms with van der Waals surface area (Å²) in [7, 11) is 0. The minimum atomic E-state index is 0.929. The number of benzene rings is 1. The van der Waals surface area contributed by atoms with Gasteiger partial charge in [0.2, 0.25) is 0 Å². The maximum atomic E-state index is 5.49. The van der Waals surface area contributed by atoms with Gasteiger partial charge in [-0.2, -0.15) is 0 Å². The highest BCUT2D eigenvalue weighted by Crippen LogP contribution is 2.26. The summed E-state index contributed by atoms with van der Waals surface area (Å²) in [5.74, 6) is 0. The number of nitrogens with zero attached hydrogens (tertiary/aromatic N) is 1. The van der Waals surface area contributed by atoms with Crippen LogP contribution in [0.5, 0.6) is 0 Å². The molecule has 0 atom stereocenters. The molecule has 1 aromatic carbocycles. The van der Waals surface area contributed by atoms with Crippen molar-refractivity contribution < 1.29 is 4.42 Å². The van der Waals surface area contributed by atoms with Crippen LogP contribution in [0, 0.1) is 6.92 Å². The molecule has 0 saturated carbocycles. The first kappa shape index (κ1) is 9.16. The number of hydrogen-bond acceptors (Lipinski definition) is 2. The standard InChI is InChI=1S/C14H11NO/c1-10-9-16-14-7-11(4-5-13(10)14)12-3-2-6-15-8-12/h2-9H,1H3. The van der Waals surface area contributed by atoms with Gasteiger partial charge in [-0.15, -0.1) is 0 Å². The summed E-state index contributed by atoms with van der Waals surface area (Å²) in [6.45, 7) is 2.05. The summed E-state index contributed by atoms with van der Waals surface area (Å²) < 4.78 is 5.49. The molecule has 78 valence electrons. The Morgan fingerprint density at radius 3 is 2.88 bits per heavy atom. The van der Waals surface area contributed by atoms with Crippen molar-refractivity contribution in [3.63, 3.8) is 0 Å². The molecule has 2 aromatic heterocycles. The lowest BCUT2D eigenvalue weighted by molar-refractivity contribution is 0.613. The Morgan fingerprint density at radius 1 is 1.12 bits per heavy atom. The summed E-state index contributed by atoms with van der Waals surface area (Å²) >= 11 is 0. The molecule has 16 heavy (non-hydrogen) atoms. The zero-order valence-corrected chi connectivity index (χ0v) is 8.97. The number of aryl methyl sites for hydroxylation is 1. The minimum absolute atomic E-state index is 0.929. The lowest BCUT2D eigenvalue weighted by Crippen LogP contribution is -1.78. The molecule has 0 N–H and O–H groups in total. The molecule has 0 aliphatic heterocycles. The predicted octanol–water partition coefficient (Wildman–Crippen LogP) is 3.80. The molecular formula is C14H11NO. The lowest BCUT2D eigenvalue weighted by Gasteiger charge is -2.00. The Hall–Kier alpha value is -2.09. The number of hydrogen-bond donors (Lipinski definition) is 0. The van der Waals surface area contributed by atoms with Crippen molar-refractivity contribution in [1.82, 2.24) is 4.98 Å². The molecule has 0 radical (unpaired) electrons. The number of rotatable bonds is 1. The Bertz CT molecular complexity index is 626. The zero-order valence-electron chi connectivity index (χ0n) is 8.97. The number of furan rings is 1. The van der Waals surface area contributed by atoms with E-state index in [0.29, 0.717) is 0 Å². The highest BCUT2D eigenvalue weighted by Gasteiger charge is 2.04. The summed E-state index contributed by atoms with van der Waals surface area (Å²) in [6.07, 6.45) is 5.42. The first-order valence-corrected chi connectivity index (χ1v) is 5.23. The molecule has 2 heterocycles. The largest absolute Gasteiger partial charge is 0.464 e. The van der Waals surface area contributed by atoms with E-state index in [4.69, 9.17) is 4.42 Å². The number of aromatic nitrogens is 1. The maximum absolute atomic E-state index is 5.49. The first-order chi connectivity index (χ1) is 7.84. The summed E-state index contributed by atoms with van der Waals surface area (Å²) in [5, 5.41) is 1.17. The zero-order chi connectivity index (χ0) is 11.0. The maximum Gasteiger partial charge on any atom is 0.134 e. The van der Waals surface area contributed by atoms with Gasteiger partial charge in [0.1, 0.15) is 5.58 Å². The van der Waals surface area contributed by atoms with Crippen molar-refractivity contribution >= 4 is 11.0 Å². The first-order valence-electron chi connectivity index (χ1n) is 5.23. The quantitative estimate of drug-likeness (QED) is 0.609. The van der Waals surface area contributed by atoms with E-state index in [1.807, 2.05) is 18.3 Å². The van der Waals surface area contributed by atoms with Gasteiger partial charge in [-0.05, 0) is 30.2 Å². The molecule has 0 saturated heterocycles. The second-order valence-electron chi connectivity index (χ2n) is 3.87. The molecule has 0 unspecified atom stereocenters. The van der Waals surface area contributed by atoms with E-state index in [-0.39, 0.29) is 0 Å². The summed E-state index contributed by atoms with van der Waals surface area (Å²) in [6, 6.07) is 10.2. The second-order valence-corrected chi connectivity index (χ2v) is 3.87. The average Bonchev–Trinajstić information content (AvgIpc) is 2.72. The van der Waals surface area contributed by atoms with E-state index in [1.54, 1.807) is 12.5 Å². The molecule has 3 rings (SSSR count). The van der Waals surface area contributed by atoms with Crippen LogP contribution in [0.1, 0.15) is 5.56 Å². The Kier molecular flexibility index (Phi) is 2.00. The van der Waals surface area contributed by atoms with Gasteiger partial charge in [0.15, 0.2) is 0 Å². The highest BCUT2D eigenvalue weighted by molar-refractivity contribution is 5.85. The van der Waals surface area contributed by atoms with E-state index in [1.165, 1.54) is 10.9 Å². The second kappa shape index (κ2) is 3.49. The normalized spacial score (nSPS) is 10.8. The van der Waals surface area contributed by atoms with Gasteiger partial charge in [0, 0.05) is 23.3 Å². The van der Waals surface area contributed by atoms with E-state index >= 15 is 0 Å². The monoisotopic (exact) mass is 209 g/mol. The van der Waals surface area contributed by atoms with E-state index < -0.39 is 0 Å². The van der Waals surface area contributed by atoms with Crippen LogP contribution in [0.15, 0.2) is 53.4 Å².